The van der Waals surface area contributed by atoms with Crippen LogP contribution in [0.4, 0.5) is 11.4 Å². The molecule has 1 fully saturated rings. The summed E-state index contributed by atoms with van der Waals surface area (Å²) in [5, 5.41) is 11.4. The van der Waals surface area contributed by atoms with E-state index in [1.807, 2.05) is 11.9 Å². The van der Waals surface area contributed by atoms with E-state index in [0.717, 1.165) is 31.4 Å². The number of likely N-dealkylation sites (N-methyl/N-ethyl adjacent to an activating group) is 1. The number of anilines is 2. The number of hydrogen-bond acceptors (Lipinski definition) is 3. The summed E-state index contributed by atoms with van der Waals surface area (Å²) in [7, 11) is 1.89. The topological polar surface area (TPSA) is 49.5 Å². The van der Waals surface area contributed by atoms with Gasteiger partial charge in [0, 0.05) is 19.3 Å². The molecule has 0 atom stereocenters. The average molecular weight is 289 g/mol. The molecule has 0 aliphatic heterocycles. The van der Waals surface area contributed by atoms with E-state index >= 15 is 0 Å². The Bertz CT molecular complexity index is 422. The van der Waals surface area contributed by atoms with Crippen LogP contribution in [0.3, 0.4) is 0 Å². The van der Waals surface area contributed by atoms with Gasteiger partial charge in [-0.3, -0.25) is 0 Å². The van der Waals surface area contributed by atoms with Gasteiger partial charge in [-0.2, -0.15) is 0 Å². The fourth-order valence-corrected chi connectivity index (χ4v) is 3.45. The maximum atomic E-state index is 10.4. The molecular weight excluding hydrogens is 271 g/mol. The normalized spacial score (nSPS) is 18.0. The van der Waals surface area contributed by atoms with Crippen LogP contribution in [0.25, 0.3) is 0 Å². The van der Waals surface area contributed by atoms with Gasteiger partial charge in [-0.1, -0.05) is 36.0 Å². The molecule has 1 aliphatic rings. The SMILES string of the molecule is CN(CC1(O)CCCC1)c1c(Cl)cc(N)cc1Cl. The Labute approximate surface area is 117 Å². The molecule has 0 radical (unpaired) electrons. The maximum absolute atomic E-state index is 10.4. The Morgan fingerprint density at radius 2 is 1.78 bits per heavy atom. The van der Waals surface area contributed by atoms with Gasteiger partial charge in [0.15, 0.2) is 0 Å². The highest BCUT2D eigenvalue weighted by molar-refractivity contribution is 6.39. The van der Waals surface area contributed by atoms with Crippen LogP contribution in [0.15, 0.2) is 12.1 Å². The first-order valence-corrected chi connectivity index (χ1v) is 6.85. The number of hydrogen-bond donors (Lipinski definition) is 2. The number of nitrogen functional groups attached to an aromatic ring is 1. The van der Waals surface area contributed by atoms with Crippen molar-refractivity contribution in [2.75, 3.05) is 24.2 Å². The molecule has 0 spiro atoms. The van der Waals surface area contributed by atoms with Crippen molar-refractivity contribution in [2.24, 2.45) is 0 Å². The van der Waals surface area contributed by atoms with Crippen LogP contribution in [0, 0.1) is 0 Å². The van der Waals surface area contributed by atoms with Gasteiger partial charge >= 0.3 is 0 Å². The molecule has 1 aromatic carbocycles. The number of benzene rings is 1. The van der Waals surface area contributed by atoms with Crippen molar-refractivity contribution in [3.05, 3.63) is 22.2 Å². The predicted octanol–water partition coefficient (Wildman–Crippen LogP) is 3.32. The van der Waals surface area contributed by atoms with Crippen molar-refractivity contribution >= 4 is 34.6 Å². The largest absolute Gasteiger partial charge is 0.399 e. The monoisotopic (exact) mass is 288 g/mol. The molecule has 3 N–H and O–H groups in total. The number of aliphatic hydroxyl groups is 1. The lowest BCUT2D eigenvalue weighted by molar-refractivity contribution is 0.0559. The van der Waals surface area contributed by atoms with Gasteiger partial charge in [0.25, 0.3) is 0 Å². The summed E-state index contributed by atoms with van der Waals surface area (Å²) >= 11 is 12.3. The summed E-state index contributed by atoms with van der Waals surface area (Å²) < 4.78 is 0. The molecule has 0 heterocycles. The molecule has 1 saturated carbocycles. The van der Waals surface area contributed by atoms with Gasteiger partial charge in [0.1, 0.15) is 0 Å². The summed E-state index contributed by atoms with van der Waals surface area (Å²) in [5.74, 6) is 0. The van der Waals surface area contributed by atoms with Crippen LogP contribution in [-0.4, -0.2) is 24.3 Å². The minimum absolute atomic E-state index is 0.518. The minimum Gasteiger partial charge on any atom is -0.399 e. The quantitative estimate of drug-likeness (QED) is 0.839. The molecule has 2 rings (SSSR count). The number of rotatable bonds is 3. The van der Waals surface area contributed by atoms with E-state index < -0.39 is 5.60 Å². The van der Waals surface area contributed by atoms with E-state index in [0.29, 0.717) is 22.3 Å². The van der Waals surface area contributed by atoms with E-state index in [1.54, 1.807) is 12.1 Å². The zero-order chi connectivity index (χ0) is 13.3. The number of nitrogens with zero attached hydrogens (tertiary/aromatic N) is 1. The molecule has 1 aliphatic carbocycles. The van der Waals surface area contributed by atoms with Crippen LogP contribution >= 0.6 is 23.2 Å². The Balaban J connectivity index is 2.21. The molecule has 18 heavy (non-hydrogen) atoms. The van der Waals surface area contributed by atoms with Gasteiger partial charge in [0.05, 0.1) is 21.3 Å². The summed E-state index contributed by atoms with van der Waals surface area (Å²) in [6.45, 7) is 0.538. The number of nitrogens with two attached hydrogens (primary N) is 1. The standard InChI is InChI=1S/C13H18Cl2N2O/c1-17(8-13(18)4-2-3-5-13)12-10(14)6-9(16)7-11(12)15/h6-7,18H,2-5,8,16H2,1H3. The average Bonchev–Trinajstić information content (AvgIpc) is 2.62. The van der Waals surface area contributed by atoms with E-state index in [9.17, 15) is 5.11 Å². The first kappa shape index (κ1) is 13.8. The smallest absolute Gasteiger partial charge is 0.0821 e. The van der Waals surface area contributed by atoms with E-state index in [1.165, 1.54) is 0 Å². The lowest BCUT2D eigenvalue weighted by Gasteiger charge is -2.31. The highest BCUT2D eigenvalue weighted by atomic mass is 35.5. The van der Waals surface area contributed by atoms with Crippen LogP contribution in [0.2, 0.25) is 10.0 Å². The van der Waals surface area contributed by atoms with Gasteiger partial charge < -0.3 is 15.7 Å². The molecule has 3 nitrogen and oxygen atoms in total. The first-order chi connectivity index (χ1) is 8.41. The number of halogens is 2. The zero-order valence-electron chi connectivity index (χ0n) is 10.4. The summed E-state index contributed by atoms with van der Waals surface area (Å²) in [6, 6.07) is 3.36. The second-order valence-corrected chi connectivity index (χ2v) is 5.94. The van der Waals surface area contributed by atoms with Crippen molar-refractivity contribution in [2.45, 2.75) is 31.3 Å². The molecule has 5 heteroatoms. The van der Waals surface area contributed by atoms with Gasteiger partial charge in [-0.05, 0) is 25.0 Å². The molecule has 0 aromatic heterocycles. The van der Waals surface area contributed by atoms with Crippen molar-refractivity contribution in [1.29, 1.82) is 0 Å². The van der Waals surface area contributed by atoms with Crippen molar-refractivity contribution < 1.29 is 5.11 Å². The Hall–Kier alpha value is -0.640. The van der Waals surface area contributed by atoms with Crippen LogP contribution in [0.1, 0.15) is 25.7 Å². The third-order valence-corrected chi connectivity index (χ3v) is 4.06. The van der Waals surface area contributed by atoms with Crippen molar-refractivity contribution in [3.8, 4) is 0 Å². The highest BCUT2D eigenvalue weighted by Gasteiger charge is 2.33. The van der Waals surface area contributed by atoms with Crippen molar-refractivity contribution in [1.82, 2.24) is 0 Å². The zero-order valence-corrected chi connectivity index (χ0v) is 11.9. The molecule has 0 bridgehead atoms. The molecule has 1 aromatic rings. The fourth-order valence-electron chi connectivity index (χ4n) is 2.66. The molecular formula is C13H18Cl2N2O. The third-order valence-electron chi connectivity index (χ3n) is 3.49. The van der Waals surface area contributed by atoms with Crippen molar-refractivity contribution in [3.63, 3.8) is 0 Å². The summed E-state index contributed by atoms with van der Waals surface area (Å²) in [5.41, 5.74) is 6.33. The van der Waals surface area contributed by atoms with E-state index in [-0.39, 0.29) is 0 Å². The fraction of sp³-hybridized carbons (Fsp3) is 0.538. The molecule has 0 amide bonds. The lowest BCUT2D eigenvalue weighted by atomic mass is 10.0. The van der Waals surface area contributed by atoms with Crippen LogP contribution < -0.4 is 10.6 Å². The third kappa shape index (κ3) is 2.85. The molecule has 0 saturated heterocycles. The van der Waals surface area contributed by atoms with Gasteiger partial charge in [0.2, 0.25) is 0 Å². The van der Waals surface area contributed by atoms with E-state index in [2.05, 4.69) is 0 Å². The summed E-state index contributed by atoms with van der Waals surface area (Å²) in [6.07, 6.45) is 3.82. The van der Waals surface area contributed by atoms with Gasteiger partial charge in [-0.25, -0.2) is 0 Å². The Kier molecular flexibility index (Phi) is 3.95. The predicted molar refractivity (Wildman–Crippen MR) is 77.6 cm³/mol. The van der Waals surface area contributed by atoms with E-state index in [4.69, 9.17) is 28.9 Å². The highest BCUT2D eigenvalue weighted by Crippen LogP contribution is 2.38. The maximum Gasteiger partial charge on any atom is 0.0821 e. The van der Waals surface area contributed by atoms with Gasteiger partial charge in [-0.15, -0.1) is 0 Å². The second kappa shape index (κ2) is 5.16. The van der Waals surface area contributed by atoms with Crippen LogP contribution in [-0.2, 0) is 0 Å². The lowest BCUT2D eigenvalue weighted by Crippen LogP contribution is -2.39. The Morgan fingerprint density at radius 1 is 1.28 bits per heavy atom. The molecule has 100 valence electrons. The van der Waals surface area contributed by atoms with Crippen LogP contribution in [0.5, 0.6) is 0 Å². The second-order valence-electron chi connectivity index (χ2n) is 5.12. The summed E-state index contributed by atoms with van der Waals surface area (Å²) in [4.78, 5) is 1.91. The molecule has 0 unspecified atom stereocenters. The first-order valence-electron chi connectivity index (χ1n) is 6.09. The Morgan fingerprint density at radius 3 is 2.28 bits per heavy atom. The minimum atomic E-state index is -0.622.